The van der Waals surface area contributed by atoms with E-state index in [1.165, 1.54) is 16.7 Å². The summed E-state index contributed by atoms with van der Waals surface area (Å²) in [6.07, 6.45) is 7.57. The molecule has 1 amide bonds. The van der Waals surface area contributed by atoms with E-state index in [4.69, 9.17) is 11.6 Å². The molecule has 3 aliphatic heterocycles. The number of hydrogen-bond acceptors (Lipinski definition) is 4. The Balaban J connectivity index is 1.34. The number of piperazine rings is 1. The van der Waals surface area contributed by atoms with E-state index in [9.17, 15) is 4.79 Å². The maximum absolute atomic E-state index is 12.8. The Morgan fingerprint density at radius 2 is 1.69 bits per heavy atom. The standard InChI is InChI=1S/C30H37ClN4O/c1-30(2,3)19-28(36)34-17-15-33(16-18-34)21-26-29(23-9-12-25(31)13-10-23)32-27-14-11-24(20-35(26)27)22-7-5-4-6-8-22/h4-14,20,26-27,29,32H,15-19,21H2,1-3H3. The van der Waals surface area contributed by atoms with E-state index in [1.54, 1.807) is 0 Å². The second kappa shape index (κ2) is 10.4. The van der Waals surface area contributed by atoms with Crippen molar-refractivity contribution in [2.45, 2.75) is 45.4 Å². The van der Waals surface area contributed by atoms with Gasteiger partial charge in [0.1, 0.15) is 0 Å². The topological polar surface area (TPSA) is 38.8 Å². The van der Waals surface area contributed by atoms with E-state index in [-0.39, 0.29) is 29.6 Å². The molecule has 6 heteroatoms. The van der Waals surface area contributed by atoms with Gasteiger partial charge >= 0.3 is 0 Å². The second-order valence-electron chi connectivity index (χ2n) is 11.4. The van der Waals surface area contributed by atoms with Gasteiger partial charge in [-0.3, -0.25) is 15.0 Å². The lowest BCUT2D eigenvalue weighted by atomic mass is 9.91. The van der Waals surface area contributed by atoms with Crippen LogP contribution in [0.4, 0.5) is 0 Å². The Morgan fingerprint density at radius 1 is 1.00 bits per heavy atom. The van der Waals surface area contributed by atoms with Gasteiger partial charge in [0.15, 0.2) is 0 Å². The van der Waals surface area contributed by atoms with Crippen LogP contribution in [0.3, 0.4) is 0 Å². The quantitative estimate of drug-likeness (QED) is 0.609. The summed E-state index contributed by atoms with van der Waals surface area (Å²) in [5.41, 5.74) is 3.73. The molecule has 3 aliphatic rings. The molecule has 0 aliphatic carbocycles. The van der Waals surface area contributed by atoms with Crippen LogP contribution >= 0.6 is 11.6 Å². The molecule has 190 valence electrons. The van der Waals surface area contributed by atoms with Crippen molar-refractivity contribution in [3.8, 4) is 0 Å². The average molecular weight is 505 g/mol. The van der Waals surface area contributed by atoms with Crippen LogP contribution in [-0.4, -0.2) is 65.5 Å². The van der Waals surface area contributed by atoms with Crippen molar-refractivity contribution in [2.24, 2.45) is 5.41 Å². The van der Waals surface area contributed by atoms with Crippen molar-refractivity contribution in [1.82, 2.24) is 20.0 Å². The third-order valence-electron chi connectivity index (χ3n) is 7.37. The molecule has 5 nitrogen and oxygen atoms in total. The predicted octanol–water partition coefficient (Wildman–Crippen LogP) is 5.17. The van der Waals surface area contributed by atoms with Gasteiger partial charge in [-0.25, -0.2) is 0 Å². The van der Waals surface area contributed by atoms with Gasteiger partial charge in [0.05, 0.1) is 18.2 Å². The monoisotopic (exact) mass is 504 g/mol. The Morgan fingerprint density at radius 3 is 2.36 bits per heavy atom. The molecule has 0 saturated carbocycles. The molecule has 0 radical (unpaired) electrons. The molecule has 0 aromatic heterocycles. The lowest BCUT2D eigenvalue weighted by molar-refractivity contribution is -0.134. The predicted molar refractivity (Wildman–Crippen MR) is 147 cm³/mol. The largest absolute Gasteiger partial charge is 0.352 e. The Hall–Kier alpha value is -2.60. The number of carbonyl (C=O) groups is 1. The van der Waals surface area contributed by atoms with E-state index in [0.29, 0.717) is 6.42 Å². The third kappa shape index (κ3) is 5.69. The fourth-order valence-corrected chi connectivity index (χ4v) is 5.61. The SMILES string of the molecule is CC(C)(C)CC(=O)N1CCN(CC2C(c3ccc(Cl)cc3)NC3C=CC(c4ccccc4)=CN32)CC1. The zero-order valence-corrected chi connectivity index (χ0v) is 22.3. The minimum Gasteiger partial charge on any atom is -0.352 e. The Labute approximate surface area is 220 Å². The number of fused-ring (bicyclic) bond motifs is 1. The summed E-state index contributed by atoms with van der Waals surface area (Å²) in [5, 5.41) is 4.61. The van der Waals surface area contributed by atoms with E-state index < -0.39 is 0 Å². The highest BCUT2D eigenvalue weighted by Gasteiger charge is 2.41. The minimum absolute atomic E-state index is 0.0229. The normalized spacial score (nSPS) is 24.6. The van der Waals surface area contributed by atoms with Crippen molar-refractivity contribution >= 4 is 23.1 Å². The molecule has 36 heavy (non-hydrogen) atoms. The number of nitrogens with one attached hydrogen (secondary N) is 1. The molecule has 2 fully saturated rings. The molecular weight excluding hydrogens is 468 g/mol. The lowest BCUT2D eigenvalue weighted by Crippen LogP contribution is -2.52. The summed E-state index contributed by atoms with van der Waals surface area (Å²) in [5.74, 6) is 0.278. The van der Waals surface area contributed by atoms with Crippen LogP contribution in [0.25, 0.3) is 5.57 Å². The Bertz CT molecular complexity index is 1110. The van der Waals surface area contributed by atoms with Gasteiger partial charge in [0.2, 0.25) is 5.91 Å². The summed E-state index contributed by atoms with van der Waals surface area (Å²) >= 11 is 6.21. The van der Waals surface area contributed by atoms with E-state index in [2.05, 4.69) is 96.7 Å². The molecular formula is C30H37ClN4O. The van der Waals surface area contributed by atoms with Crippen LogP contribution in [0.2, 0.25) is 5.02 Å². The molecule has 2 aromatic rings. The summed E-state index contributed by atoms with van der Waals surface area (Å²) in [4.78, 5) is 19.8. The van der Waals surface area contributed by atoms with Crippen molar-refractivity contribution in [2.75, 3.05) is 32.7 Å². The van der Waals surface area contributed by atoms with Crippen LogP contribution in [0.5, 0.6) is 0 Å². The zero-order chi connectivity index (χ0) is 25.3. The van der Waals surface area contributed by atoms with Gasteiger partial charge < -0.3 is 9.80 Å². The fourth-order valence-electron chi connectivity index (χ4n) is 5.49. The number of carbonyl (C=O) groups excluding carboxylic acids is 1. The first-order valence-electron chi connectivity index (χ1n) is 13.0. The highest BCUT2D eigenvalue weighted by Crippen LogP contribution is 2.35. The van der Waals surface area contributed by atoms with Gasteiger partial charge in [-0.1, -0.05) is 80.9 Å². The maximum atomic E-state index is 12.8. The second-order valence-corrected chi connectivity index (χ2v) is 11.8. The van der Waals surface area contributed by atoms with Crippen LogP contribution in [0.15, 0.2) is 72.9 Å². The lowest BCUT2D eigenvalue weighted by Gasteiger charge is -2.39. The zero-order valence-electron chi connectivity index (χ0n) is 21.5. The smallest absolute Gasteiger partial charge is 0.223 e. The number of allylic oxidation sites excluding steroid dienone is 2. The minimum atomic E-state index is 0.0229. The first kappa shape index (κ1) is 25.1. The van der Waals surface area contributed by atoms with E-state index in [0.717, 1.165) is 37.7 Å². The molecule has 2 aromatic carbocycles. The average Bonchev–Trinajstić information content (AvgIpc) is 3.22. The summed E-state index contributed by atoms with van der Waals surface area (Å²) in [6, 6.07) is 19.3. The molecule has 0 spiro atoms. The molecule has 3 heterocycles. The highest BCUT2D eigenvalue weighted by atomic mass is 35.5. The first-order valence-corrected chi connectivity index (χ1v) is 13.4. The van der Waals surface area contributed by atoms with E-state index >= 15 is 0 Å². The third-order valence-corrected chi connectivity index (χ3v) is 7.63. The van der Waals surface area contributed by atoms with Gasteiger partial charge in [-0.05, 0) is 40.3 Å². The molecule has 5 rings (SSSR count). The molecule has 1 N–H and O–H groups in total. The van der Waals surface area contributed by atoms with Crippen LogP contribution in [-0.2, 0) is 4.79 Å². The number of benzene rings is 2. The van der Waals surface area contributed by atoms with Crippen molar-refractivity contribution < 1.29 is 4.79 Å². The summed E-state index contributed by atoms with van der Waals surface area (Å²) < 4.78 is 0. The molecule has 0 bridgehead atoms. The van der Waals surface area contributed by atoms with E-state index in [1.807, 2.05) is 17.0 Å². The Kier molecular flexibility index (Phi) is 7.25. The number of nitrogens with zero attached hydrogens (tertiary/aromatic N) is 3. The first-order chi connectivity index (χ1) is 17.3. The molecule has 2 saturated heterocycles. The number of halogens is 1. The van der Waals surface area contributed by atoms with Gasteiger partial charge in [0.25, 0.3) is 0 Å². The maximum Gasteiger partial charge on any atom is 0.223 e. The summed E-state index contributed by atoms with van der Waals surface area (Å²) in [6.45, 7) is 10.7. The number of rotatable bonds is 5. The van der Waals surface area contributed by atoms with Crippen LogP contribution in [0, 0.1) is 5.41 Å². The summed E-state index contributed by atoms with van der Waals surface area (Å²) in [7, 11) is 0. The molecule has 3 unspecified atom stereocenters. The van der Waals surface area contributed by atoms with Crippen molar-refractivity contribution in [1.29, 1.82) is 0 Å². The number of hydrogen-bond donors (Lipinski definition) is 1. The molecule has 3 atom stereocenters. The van der Waals surface area contributed by atoms with Gasteiger partial charge in [-0.15, -0.1) is 0 Å². The number of amides is 1. The van der Waals surface area contributed by atoms with Crippen LogP contribution < -0.4 is 5.32 Å². The van der Waals surface area contributed by atoms with Gasteiger partial charge in [0, 0.05) is 50.4 Å². The fraction of sp³-hybridized carbons (Fsp3) is 0.433. The van der Waals surface area contributed by atoms with Crippen molar-refractivity contribution in [3.05, 3.63) is 89.1 Å². The van der Waals surface area contributed by atoms with Gasteiger partial charge in [-0.2, -0.15) is 0 Å². The van der Waals surface area contributed by atoms with Crippen molar-refractivity contribution in [3.63, 3.8) is 0 Å². The highest BCUT2D eigenvalue weighted by molar-refractivity contribution is 6.30. The van der Waals surface area contributed by atoms with Crippen LogP contribution in [0.1, 0.15) is 44.4 Å².